The zero-order valence-corrected chi connectivity index (χ0v) is 22.2. The quantitative estimate of drug-likeness (QED) is 0.159. The summed E-state index contributed by atoms with van der Waals surface area (Å²) < 4.78 is 108. The second kappa shape index (κ2) is 10.2. The number of carbonyl (C=O) groups is 2. The van der Waals surface area contributed by atoms with Crippen molar-refractivity contribution in [1.29, 1.82) is 0 Å². The number of halogens is 3. The van der Waals surface area contributed by atoms with E-state index >= 15 is 0 Å². The summed E-state index contributed by atoms with van der Waals surface area (Å²) in [5, 5.41) is 4.07. The Kier molecular flexibility index (Phi) is 7.34. The van der Waals surface area contributed by atoms with Crippen molar-refractivity contribution in [2.75, 3.05) is 16.4 Å². The zero-order valence-electron chi connectivity index (χ0n) is 20.6. The fourth-order valence-corrected chi connectivity index (χ4v) is 5.66. The van der Waals surface area contributed by atoms with Gasteiger partial charge in [0.2, 0.25) is 0 Å². The minimum atomic E-state index is -5.06. The molecule has 17 heteroatoms. The molecule has 41 heavy (non-hydrogen) atoms. The molecular weight excluding hydrogens is 593 g/mol. The van der Waals surface area contributed by atoms with Crippen molar-refractivity contribution in [2.24, 2.45) is 7.05 Å². The molecule has 0 atom stereocenters. The molecule has 0 radical (unpaired) electrons. The summed E-state index contributed by atoms with van der Waals surface area (Å²) in [4.78, 5) is 24.2. The number of hydrogen-bond acceptors (Lipinski definition) is 7. The van der Waals surface area contributed by atoms with Crippen LogP contribution in [0.2, 0.25) is 0 Å². The summed E-state index contributed by atoms with van der Waals surface area (Å²) in [5.74, 6) is -1.90. The van der Waals surface area contributed by atoms with Crippen LogP contribution in [0.4, 0.5) is 30.2 Å². The monoisotopic (exact) mass is 612 g/mol. The number of nitrogens with two attached hydrogens (primary N) is 1. The highest BCUT2D eigenvalue weighted by Crippen LogP contribution is 2.34. The third-order valence-electron chi connectivity index (χ3n) is 5.80. The molecule has 1 aromatic heterocycles. The average Bonchev–Trinajstić information content (AvgIpc) is 3.20. The molecule has 0 saturated carbocycles. The van der Waals surface area contributed by atoms with Crippen LogP contribution in [-0.4, -0.2) is 42.3 Å². The van der Waals surface area contributed by atoms with Gasteiger partial charge in [-0.05, 0) is 36.4 Å². The van der Waals surface area contributed by atoms with Gasteiger partial charge in [-0.2, -0.15) is 30.0 Å². The molecule has 6 N–H and O–H groups in total. The molecule has 0 fully saturated rings. The summed E-state index contributed by atoms with van der Waals surface area (Å²) in [7, 11) is -8.46. The fraction of sp³-hybridized carbons (Fsp3) is 0.0833. The van der Waals surface area contributed by atoms with Gasteiger partial charge in [-0.25, -0.2) is 0 Å². The van der Waals surface area contributed by atoms with Crippen LogP contribution in [0.1, 0.15) is 26.4 Å². The Bertz CT molecular complexity index is 1950. The van der Waals surface area contributed by atoms with E-state index in [-0.39, 0.29) is 27.8 Å². The normalized spacial score (nSPS) is 12.3. The molecule has 12 nitrogen and oxygen atoms in total. The van der Waals surface area contributed by atoms with E-state index in [1.165, 1.54) is 17.8 Å². The Labute approximate surface area is 230 Å². The number of hydrogen-bond donors (Lipinski definition) is 5. The van der Waals surface area contributed by atoms with Gasteiger partial charge in [-0.15, -0.1) is 0 Å². The first kappa shape index (κ1) is 29.5. The Morgan fingerprint density at radius 3 is 2.17 bits per heavy atom. The Balaban J connectivity index is 1.66. The van der Waals surface area contributed by atoms with Gasteiger partial charge in [0.05, 0.1) is 16.9 Å². The molecule has 0 aliphatic rings. The highest BCUT2D eigenvalue weighted by atomic mass is 32.2. The molecule has 0 spiro atoms. The van der Waals surface area contributed by atoms with E-state index < -0.39 is 64.8 Å². The number of nitrogens with zero attached hydrogens (tertiary/aromatic N) is 1. The second-order valence-electron chi connectivity index (χ2n) is 8.72. The Morgan fingerprint density at radius 2 is 1.56 bits per heavy atom. The van der Waals surface area contributed by atoms with Crippen LogP contribution in [0.5, 0.6) is 0 Å². The lowest BCUT2D eigenvalue weighted by Gasteiger charge is -2.13. The minimum Gasteiger partial charge on any atom is -0.399 e. The largest absolute Gasteiger partial charge is 0.416 e. The molecule has 0 aliphatic heterocycles. The van der Waals surface area contributed by atoms with Crippen LogP contribution in [0.25, 0.3) is 10.8 Å². The molecule has 0 saturated heterocycles. The van der Waals surface area contributed by atoms with Gasteiger partial charge in [-0.1, -0.05) is 18.2 Å². The van der Waals surface area contributed by atoms with Gasteiger partial charge in [-0.3, -0.25) is 18.7 Å². The van der Waals surface area contributed by atoms with Gasteiger partial charge in [0.25, 0.3) is 32.1 Å². The van der Waals surface area contributed by atoms with E-state index in [1.807, 2.05) is 0 Å². The van der Waals surface area contributed by atoms with Gasteiger partial charge >= 0.3 is 6.18 Å². The molecule has 0 bridgehead atoms. The van der Waals surface area contributed by atoms with E-state index in [2.05, 4.69) is 10.6 Å². The van der Waals surface area contributed by atoms with E-state index in [0.717, 1.165) is 42.5 Å². The van der Waals surface area contributed by atoms with Crippen LogP contribution in [-0.2, 0) is 33.5 Å². The van der Waals surface area contributed by atoms with Crippen LogP contribution in [0, 0.1) is 0 Å². The number of anilines is 3. The average molecular weight is 613 g/mol. The Morgan fingerprint density at radius 1 is 0.878 bits per heavy atom. The summed E-state index contributed by atoms with van der Waals surface area (Å²) in [6.07, 6.45) is -3.49. The number of nitrogens with one attached hydrogen (secondary N) is 2. The maximum Gasteiger partial charge on any atom is 0.416 e. The van der Waals surface area contributed by atoms with Gasteiger partial charge in [0.1, 0.15) is 15.5 Å². The predicted octanol–water partition coefficient (Wildman–Crippen LogP) is 3.78. The number of nitrogen functional groups attached to an aromatic ring is 1. The summed E-state index contributed by atoms with van der Waals surface area (Å²) >= 11 is 0. The number of carbonyl (C=O) groups excluding carboxylic acids is 2. The molecule has 3 aromatic carbocycles. The molecule has 216 valence electrons. The number of benzene rings is 3. The Hall–Kier alpha value is -4.45. The van der Waals surface area contributed by atoms with Gasteiger partial charge in [0, 0.05) is 35.3 Å². The second-order valence-corrected chi connectivity index (χ2v) is 11.5. The number of aromatic nitrogens is 1. The van der Waals surface area contributed by atoms with Crippen molar-refractivity contribution < 1.29 is 48.7 Å². The van der Waals surface area contributed by atoms with Crippen molar-refractivity contribution in [3.8, 4) is 0 Å². The molecule has 4 rings (SSSR count). The van der Waals surface area contributed by atoms with Crippen molar-refractivity contribution in [2.45, 2.75) is 16.0 Å². The zero-order chi connectivity index (χ0) is 30.5. The van der Waals surface area contributed by atoms with E-state index in [4.69, 9.17) is 5.73 Å². The van der Waals surface area contributed by atoms with Crippen LogP contribution >= 0.6 is 0 Å². The highest BCUT2D eigenvalue weighted by molar-refractivity contribution is 7.86. The standard InChI is InChI=1S/C24H19F3N4O8S2/c1-31-11-15(29-22(32)12-7-13(24(25,26)27)9-14(28)8-12)10-19(31)23(33)30-18-6-5-16-17(21(18)41(37,38)39)3-2-4-20(16)40(34,35)36/h2-11H,28H2,1H3,(H,29,32)(H,30,33)(H,34,35,36)(H,37,38,39). The minimum absolute atomic E-state index is 0.00931. The SMILES string of the molecule is Cn1cc(NC(=O)c2cc(N)cc(C(F)(F)F)c2)cc1C(=O)Nc1ccc2c(S(=O)(=O)O)cccc2c1S(=O)(=O)O. The van der Waals surface area contributed by atoms with Crippen molar-refractivity contribution in [3.05, 3.63) is 77.6 Å². The lowest BCUT2D eigenvalue weighted by molar-refractivity contribution is -0.137. The molecular formula is C24H19F3N4O8S2. The van der Waals surface area contributed by atoms with Crippen molar-refractivity contribution in [3.63, 3.8) is 0 Å². The topological polar surface area (TPSA) is 198 Å². The summed E-state index contributed by atoms with van der Waals surface area (Å²) in [6.45, 7) is 0. The van der Waals surface area contributed by atoms with E-state index in [1.54, 1.807) is 0 Å². The highest BCUT2D eigenvalue weighted by Gasteiger charge is 2.32. The molecule has 2 amide bonds. The molecule has 0 unspecified atom stereocenters. The molecule has 0 aliphatic carbocycles. The van der Waals surface area contributed by atoms with E-state index in [9.17, 15) is 48.7 Å². The number of amides is 2. The summed E-state index contributed by atoms with van der Waals surface area (Å²) in [5.41, 5.74) is 3.06. The number of alkyl halides is 3. The third-order valence-corrected chi connectivity index (χ3v) is 7.66. The van der Waals surface area contributed by atoms with Crippen LogP contribution in [0.3, 0.4) is 0 Å². The van der Waals surface area contributed by atoms with Crippen molar-refractivity contribution in [1.82, 2.24) is 4.57 Å². The lowest BCUT2D eigenvalue weighted by Crippen LogP contribution is -2.17. The maximum atomic E-state index is 13.1. The van der Waals surface area contributed by atoms with Crippen LogP contribution in [0.15, 0.2) is 70.6 Å². The van der Waals surface area contributed by atoms with Gasteiger partial charge in [0.15, 0.2) is 0 Å². The number of aryl methyl sites for hydroxylation is 1. The first-order valence-corrected chi connectivity index (χ1v) is 14.0. The predicted molar refractivity (Wildman–Crippen MR) is 141 cm³/mol. The van der Waals surface area contributed by atoms with Crippen molar-refractivity contribution >= 4 is 59.9 Å². The first-order valence-electron chi connectivity index (χ1n) is 11.1. The third kappa shape index (κ3) is 6.17. The van der Waals surface area contributed by atoms with Gasteiger partial charge < -0.3 is 20.9 Å². The molecule has 1 heterocycles. The molecule has 4 aromatic rings. The lowest BCUT2D eigenvalue weighted by atomic mass is 10.1. The maximum absolute atomic E-state index is 13.1. The van der Waals surface area contributed by atoms with E-state index in [0.29, 0.717) is 12.1 Å². The number of rotatable bonds is 6. The first-order chi connectivity index (χ1) is 18.9. The van der Waals surface area contributed by atoms with Crippen LogP contribution < -0.4 is 16.4 Å². The number of fused-ring (bicyclic) bond motifs is 1. The smallest absolute Gasteiger partial charge is 0.399 e. The fourth-order valence-electron chi connectivity index (χ4n) is 4.10. The summed E-state index contributed by atoms with van der Waals surface area (Å²) in [6, 6.07) is 8.85.